The molecule has 2 bridgehead atoms. The molecule has 3 atom stereocenters. The molecule has 1 saturated heterocycles. The lowest BCUT2D eigenvalue weighted by Gasteiger charge is -2.30. The molecule has 1 saturated carbocycles. The van der Waals surface area contributed by atoms with Gasteiger partial charge in [0.15, 0.2) is 0 Å². The van der Waals surface area contributed by atoms with Gasteiger partial charge < -0.3 is 14.4 Å². The zero-order valence-corrected chi connectivity index (χ0v) is 12.8. The summed E-state index contributed by atoms with van der Waals surface area (Å²) in [6, 6.07) is 0.0306. The second-order valence-electron chi connectivity index (χ2n) is 5.68. The summed E-state index contributed by atoms with van der Waals surface area (Å²) in [5, 5.41) is 0. The molecular weight excluding hydrogens is 282 g/mol. The lowest BCUT2D eigenvalue weighted by atomic mass is 10.1. The van der Waals surface area contributed by atoms with Crippen LogP contribution in [0, 0.1) is 6.92 Å². The Morgan fingerprint density at radius 3 is 3.09 bits per heavy atom. The Balaban J connectivity index is 1.80. The van der Waals surface area contributed by atoms with Crippen LogP contribution in [0.15, 0.2) is 25.0 Å². The average molecular weight is 303 g/mol. The van der Waals surface area contributed by atoms with E-state index in [0.717, 1.165) is 18.5 Å². The van der Waals surface area contributed by atoms with Crippen LogP contribution >= 0.6 is 0 Å². The van der Waals surface area contributed by atoms with Gasteiger partial charge in [0.2, 0.25) is 0 Å². The van der Waals surface area contributed by atoms with Crippen LogP contribution in [0.25, 0.3) is 0 Å². The van der Waals surface area contributed by atoms with Crippen molar-refractivity contribution in [2.45, 2.75) is 38.0 Å². The molecule has 1 aliphatic heterocycles. The first kappa shape index (κ1) is 15.1. The molecule has 2 aliphatic rings. The molecular formula is C16H21N3O3. The molecule has 0 spiro atoms. The van der Waals surface area contributed by atoms with Crippen molar-refractivity contribution in [2.75, 3.05) is 19.8 Å². The molecule has 118 valence electrons. The van der Waals surface area contributed by atoms with Gasteiger partial charge in [-0.05, 0) is 19.8 Å². The maximum absolute atomic E-state index is 12.8. The molecule has 3 unspecified atom stereocenters. The molecule has 2 fully saturated rings. The van der Waals surface area contributed by atoms with Crippen molar-refractivity contribution in [1.29, 1.82) is 0 Å². The Hall–Kier alpha value is -1.79. The minimum absolute atomic E-state index is 0.0306. The van der Waals surface area contributed by atoms with Gasteiger partial charge in [-0.1, -0.05) is 6.08 Å². The fourth-order valence-corrected chi connectivity index (χ4v) is 3.19. The summed E-state index contributed by atoms with van der Waals surface area (Å²) in [5.74, 6) is -0.101. The van der Waals surface area contributed by atoms with Crippen LogP contribution < -0.4 is 0 Å². The van der Waals surface area contributed by atoms with Gasteiger partial charge in [-0.15, -0.1) is 6.58 Å². The predicted molar refractivity (Wildman–Crippen MR) is 80.5 cm³/mol. The second-order valence-corrected chi connectivity index (χ2v) is 5.68. The molecule has 2 heterocycles. The van der Waals surface area contributed by atoms with Gasteiger partial charge in [0.25, 0.3) is 5.91 Å². The molecule has 0 radical (unpaired) electrons. The summed E-state index contributed by atoms with van der Waals surface area (Å²) in [5.41, 5.74) is 1.17. The first-order chi connectivity index (χ1) is 10.7. The van der Waals surface area contributed by atoms with Crippen LogP contribution in [0.5, 0.6) is 0 Å². The van der Waals surface area contributed by atoms with E-state index in [1.165, 1.54) is 6.20 Å². The van der Waals surface area contributed by atoms with Crippen molar-refractivity contribution in [2.24, 2.45) is 0 Å². The van der Waals surface area contributed by atoms with E-state index in [9.17, 15) is 4.79 Å². The highest BCUT2D eigenvalue weighted by atomic mass is 16.5. The SMILES string of the molecule is C=CCOC1C2CCC1N(C(=O)c1cnc(C)cn1)CCO2. The summed E-state index contributed by atoms with van der Waals surface area (Å²) in [6.45, 7) is 7.09. The van der Waals surface area contributed by atoms with Crippen LogP contribution in [-0.2, 0) is 9.47 Å². The Kier molecular flexibility index (Phi) is 4.49. The highest BCUT2D eigenvalue weighted by Crippen LogP contribution is 2.32. The predicted octanol–water partition coefficient (Wildman–Crippen LogP) is 1.36. The van der Waals surface area contributed by atoms with E-state index < -0.39 is 0 Å². The molecule has 6 heteroatoms. The largest absolute Gasteiger partial charge is 0.374 e. The van der Waals surface area contributed by atoms with Crippen molar-refractivity contribution in [3.05, 3.63) is 36.4 Å². The highest BCUT2D eigenvalue weighted by molar-refractivity contribution is 5.92. The third kappa shape index (κ3) is 2.89. The standard InChI is InChI=1S/C16H21N3O3/c1-3-7-22-15-13-4-5-14(15)21-8-6-19(13)16(20)12-10-17-11(2)9-18-12/h3,9-10,13-15H,1,4-8H2,2H3. The number of aryl methyl sites for hydroxylation is 1. The number of rotatable bonds is 4. The van der Waals surface area contributed by atoms with Crippen molar-refractivity contribution >= 4 is 5.91 Å². The minimum Gasteiger partial charge on any atom is -0.374 e. The summed E-state index contributed by atoms with van der Waals surface area (Å²) in [4.78, 5) is 23.0. The van der Waals surface area contributed by atoms with Gasteiger partial charge in [0.05, 0.1) is 37.3 Å². The number of hydrogen-bond acceptors (Lipinski definition) is 5. The molecule has 3 rings (SSSR count). The van der Waals surface area contributed by atoms with Crippen molar-refractivity contribution < 1.29 is 14.3 Å². The van der Waals surface area contributed by atoms with Gasteiger partial charge in [-0.2, -0.15) is 0 Å². The summed E-state index contributed by atoms with van der Waals surface area (Å²) < 4.78 is 11.7. The third-order valence-corrected chi connectivity index (χ3v) is 4.22. The number of ether oxygens (including phenoxy) is 2. The van der Waals surface area contributed by atoms with E-state index in [4.69, 9.17) is 9.47 Å². The van der Waals surface area contributed by atoms with Crippen LogP contribution in [0.3, 0.4) is 0 Å². The minimum atomic E-state index is -0.101. The Bertz CT molecular complexity index is 546. The Morgan fingerprint density at radius 2 is 2.36 bits per heavy atom. The summed E-state index contributed by atoms with van der Waals surface area (Å²) in [7, 11) is 0. The number of carbonyl (C=O) groups excluding carboxylic acids is 1. The first-order valence-corrected chi connectivity index (χ1v) is 7.64. The Morgan fingerprint density at radius 1 is 1.50 bits per heavy atom. The number of amides is 1. The van der Waals surface area contributed by atoms with E-state index in [0.29, 0.717) is 25.5 Å². The summed E-state index contributed by atoms with van der Waals surface area (Å²) >= 11 is 0. The van der Waals surface area contributed by atoms with E-state index in [-0.39, 0.29) is 24.2 Å². The summed E-state index contributed by atoms with van der Waals surface area (Å²) in [6.07, 6.45) is 6.64. The lowest BCUT2D eigenvalue weighted by Crippen LogP contribution is -2.46. The van der Waals surface area contributed by atoms with Crippen LogP contribution in [0.2, 0.25) is 0 Å². The van der Waals surface area contributed by atoms with Crippen molar-refractivity contribution in [3.8, 4) is 0 Å². The molecule has 0 N–H and O–H groups in total. The molecule has 1 aromatic heterocycles. The van der Waals surface area contributed by atoms with E-state index in [2.05, 4.69) is 16.5 Å². The molecule has 6 nitrogen and oxygen atoms in total. The van der Waals surface area contributed by atoms with Gasteiger partial charge in [-0.25, -0.2) is 4.98 Å². The second kappa shape index (κ2) is 6.54. The fourth-order valence-electron chi connectivity index (χ4n) is 3.19. The average Bonchev–Trinajstić information content (AvgIpc) is 2.81. The highest BCUT2D eigenvalue weighted by Gasteiger charge is 2.44. The van der Waals surface area contributed by atoms with Crippen molar-refractivity contribution in [1.82, 2.24) is 14.9 Å². The molecule has 1 aliphatic carbocycles. The molecule has 1 aromatic rings. The molecule has 0 aromatic carbocycles. The van der Waals surface area contributed by atoms with Crippen LogP contribution in [0.1, 0.15) is 29.0 Å². The van der Waals surface area contributed by atoms with Gasteiger partial charge in [-0.3, -0.25) is 9.78 Å². The fraction of sp³-hybridized carbons (Fsp3) is 0.562. The maximum Gasteiger partial charge on any atom is 0.274 e. The van der Waals surface area contributed by atoms with E-state index in [1.54, 1.807) is 12.3 Å². The van der Waals surface area contributed by atoms with Crippen LogP contribution in [-0.4, -0.2) is 58.8 Å². The van der Waals surface area contributed by atoms with E-state index in [1.807, 2.05) is 11.8 Å². The van der Waals surface area contributed by atoms with Gasteiger partial charge >= 0.3 is 0 Å². The molecule has 1 amide bonds. The van der Waals surface area contributed by atoms with E-state index >= 15 is 0 Å². The van der Waals surface area contributed by atoms with Crippen LogP contribution in [0.4, 0.5) is 0 Å². The third-order valence-electron chi connectivity index (χ3n) is 4.22. The zero-order valence-electron chi connectivity index (χ0n) is 12.8. The van der Waals surface area contributed by atoms with Gasteiger partial charge in [0.1, 0.15) is 11.8 Å². The number of fused-ring (bicyclic) bond motifs is 2. The number of carbonyl (C=O) groups is 1. The lowest BCUT2D eigenvalue weighted by molar-refractivity contribution is -0.0434. The maximum atomic E-state index is 12.8. The Labute approximate surface area is 130 Å². The van der Waals surface area contributed by atoms with Crippen molar-refractivity contribution in [3.63, 3.8) is 0 Å². The normalized spacial score (nSPS) is 27.5. The number of aromatic nitrogens is 2. The monoisotopic (exact) mass is 303 g/mol. The number of nitrogens with zero attached hydrogens (tertiary/aromatic N) is 3. The first-order valence-electron chi connectivity index (χ1n) is 7.64. The topological polar surface area (TPSA) is 64.5 Å². The quantitative estimate of drug-likeness (QED) is 0.786. The molecule has 22 heavy (non-hydrogen) atoms. The number of hydrogen-bond donors (Lipinski definition) is 0. The zero-order chi connectivity index (χ0) is 15.5. The van der Waals surface area contributed by atoms with Gasteiger partial charge in [0, 0.05) is 12.7 Å². The smallest absolute Gasteiger partial charge is 0.274 e.